The number of anilines is 1. The number of carbonyl (C=O) groups excluding carboxylic acids is 1. The summed E-state index contributed by atoms with van der Waals surface area (Å²) in [6, 6.07) is 7.35. The first-order valence-corrected chi connectivity index (χ1v) is 7.86. The highest BCUT2D eigenvalue weighted by atomic mass is 16.1. The largest absolute Gasteiger partial charge is 0.370 e. The van der Waals surface area contributed by atoms with Crippen molar-refractivity contribution < 1.29 is 4.79 Å². The van der Waals surface area contributed by atoms with Gasteiger partial charge in [-0.1, -0.05) is 6.07 Å². The molecule has 4 heteroatoms. The van der Waals surface area contributed by atoms with Crippen LogP contribution in [0.5, 0.6) is 0 Å². The Hall–Kier alpha value is -1.55. The van der Waals surface area contributed by atoms with Gasteiger partial charge in [0.05, 0.1) is 5.41 Å². The van der Waals surface area contributed by atoms with E-state index in [0.717, 1.165) is 32.1 Å². The van der Waals surface area contributed by atoms with E-state index < -0.39 is 0 Å². The third kappa shape index (κ3) is 3.05. The lowest BCUT2D eigenvalue weighted by Gasteiger charge is -2.23. The molecular formula is C17H25N3O. The summed E-state index contributed by atoms with van der Waals surface area (Å²) in [6.45, 7) is 6.71. The molecular weight excluding hydrogens is 262 g/mol. The van der Waals surface area contributed by atoms with Crippen LogP contribution in [0.3, 0.4) is 0 Å². The van der Waals surface area contributed by atoms with Crippen molar-refractivity contribution >= 4 is 11.6 Å². The van der Waals surface area contributed by atoms with Crippen LogP contribution < -0.4 is 16.0 Å². The number of amides is 1. The molecule has 3 rings (SSSR count). The Morgan fingerprint density at radius 2 is 2.24 bits per heavy atom. The molecule has 1 aromatic rings. The minimum atomic E-state index is -0.389. The Kier molecular flexibility index (Phi) is 3.66. The number of nitrogens with zero attached hydrogens (tertiary/aromatic N) is 1. The van der Waals surface area contributed by atoms with Crippen LogP contribution in [0.25, 0.3) is 0 Å². The second-order valence-electron chi connectivity index (χ2n) is 6.86. The van der Waals surface area contributed by atoms with Gasteiger partial charge in [-0.15, -0.1) is 0 Å². The van der Waals surface area contributed by atoms with Gasteiger partial charge in [-0.05, 0) is 56.4 Å². The Morgan fingerprint density at radius 1 is 1.48 bits per heavy atom. The number of nitrogens with one attached hydrogen (secondary N) is 1. The molecule has 1 saturated carbocycles. The summed E-state index contributed by atoms with van der Waals surface area (Å²) in [4.78, 5) is 13.8. The van der Waals surface area contributed by atoms with Gasteiger partial charge in [0.15, 0.2) is 0 Å². The number of benzene rings is 1. The van der Waals surface area contributed by atoms with Gasteiger partial charge in [-0.3, -0.25) is 4.79 Å². The van der Waals surface area contributed by atoms with Crippen LogP contribution in [-0.4, -0.2) is 25.0 Å². The SMILES string of the molecule is Cc1cc(N2CCC(C)(C(N)=O)C2)ccc1CNC1CC1. The molecule has 21 heavy (non-hydrogen) atoms. The minimum Gasteiger partial charge on any atom is -0.370 e. The smallest absolute Gasteiger partial charge is 0.225 e. The maximum Gasteiger partial charge on any atom is 0.225 e. The molecule has 1 heterocycles. The van der Waals surface area contributed by atoms with Crippen LogP contribution in [0.1, 0.15) is 37.3 Å². The first-order chi connectivity index (χ1) is 9.98. The third-order valence-electron chi connectivity index (χ3n) is 4.92. The summed E-state index contributed by atoms with van der Waals surface area (Å²) in [5.74, 6) is -0.188. The lowest BCUT2D eigenvalue weighted by atomic mass is 9.89. The van der Waals surface area contributed by atoms with Crippen molar-refractivity contribution in [3.05, 3.63) is 29.3 Å². The van der Waals surface area contributed by atoms with Crippen molar-refractivity contribution in [3.8, 4) is 0 Å². The summed E-state index contributed by atoms with van der Waals surface area (Å²) in [5, 5.41) is 3.56. The number of primary amides is 1. The normalized spacial score (nSPS) is 25.3. The summed E-state index contributed by atoms with van der Waals surface area (Å²) in [6.07, 6.45) is 3.47. The van der Waals surface area contributed by atoms with E-state index in [-0.39, 0.29) is 11.3 Å². The maximum absolute atomic E-state index is 11.6. The van der Waals surface area contributed by atoms with Crippen LogP contribution in [0.4, 0.5) is 5.69 Å². The molecule has 3 N–H and O–H groups in total. The Balaban J connectivity index is 1.68. The zero-order valence-corrected chi connectivity index (χ0v) is 13.0. The lowest BCUT2D eigenvalue weighted by molar-refractivity contribution is -0.125. The van der Waals surface area contributed by atoms with Gasteiger partial charge in [0.1, 0.15) is 0 Å². The topological polar surface area (TPSA) is 58.4 Å². The molecule has 1 aromatic carbocycles. The second kappa shape index (κ2) is 5.34. The van der Waals surface area contributed by atoms with E-state index in [2.05, 4.69) is 35.3 Å². The first kappa shape index (κ1) is 14.4. The van der Waals surface area contributed by atoms with Crippen LogP contribution in [-0.2, 0) is 11.3 Å². The van der Waals surface area contributed by atoms with Gasteiger partial charge in [0, 0.05) is 31.4 Å². The highest BCUT2D eigenvalue weighted by Gasteiger charge is 2.38. The number of aryl methyl sites for hydroxylation is 1. The summed E-state index contributed by atoms with van der Waals surface area (Å²) in [5.41, 5.74) is 9.02. The Morgan fingerprint density at radius 3 is 2.81 bits per heavy atom. The first-order valence-electron chi connectivity index (χ1n) is 7.86. The quantitative estimate of drug-likeness (QED) is 0.870. The standard InChI is InChI=1S/C17H25N3O/c1-12-9-15(6-3-13(12)10-19-14-4-5-14)20-8-7-17(2,11-20)16(18)21/h3,6,9,14,19H,4-5,7-8,10-11H2,1-2H3,(H2,18,21). The molecule has 0 radical (unpaired) electrons. The van der Waals surface area contributed by atoms with Gasteiger partial charge < -0.3 is 16.0 Å². The fraction of sp³-hybridized carbons (Fsp3) is 0.588. The maximum atomic E-state index is 11.6. The molecule has 4 nitrogen and oxygen atoms in total. The number of carbonyl (C=O) groups is 1. The number of hydrogen-bond acceptors (Lipinski definition) is 3. The van der Waals surface area contributed by atoms with Gasteiger partial charge in [0.2, 0.25) is 5.91 Å². The number of rotatable bonds is 5. The van der Waals surface area contributed by atoms with Crippen LogP contribution in [0.2, 0.25) is 0 Å². The molecule has 0 bridgehead atoms. The van der Waals surface area contributed by atoms with Gasteiger partial charge in [0.25, 0.3) is 0 Å². The fourth-order valence-electron chi connectivity index (χ4n) is 3.00. The molecule has 2 fully saturated rings. The molecule has 114 valence electrons. The molecule has 1 aliphatic carbocycles. The summed E-state index contributed by atoms with van der Waals surface area (Å²) >= 11 is 0. The highest BCUT2D eigenvalue weighted by molar-refractivity contribution is 5.82. The van der Waals surface area contributed by atoms with Crippen molar-refractivity contribution in [2.24, 2.45) is 11.1 Å². The fourth-order valence-corrected chi connectivity index (χ4v) is 3.00. The van der Waals surface area contributed by atoms with Crippen molar-refractivity contribution in [2.75, 3.05) is 18.0 Å². The van der Waals surface area contributed by atoms with E-state index in [1.54, 1.807) is 0 Å². The van der Waals surface area contributed by atoms with Crippen LogP contribution >= 0.6 is 0 Å². The molecule has 2 aliphatic rings. The number of nitrogens with two attached hydrogens (primary N) is 1. The van der Waals surface area contributed by atoms with Crippen LogP contribution in [0.15, 0.2) is 18.2 Å². The summed E-state index contributed by atoms with van der Waals surface area (Å²) in [7, 11) is 0. The third-order valence-corrected chi connectivity index (χ3v) is 4.92. The van der Waals surface area contributed by atoms with Gasteiger partial charge >= 0.3 is 0 Å². The van der Waals surface area contributed by atoms with E-state index in [4.69, 9.17) is 5.73 Å². The van der Waals surface area contributed by atoms with Gasteiger partial charge in [-0.25, -0.2) is 0 Å². The number of hydrogen-bond donors (Lipinski definition) is 2. The average molecular weight is 287 g/mol. The predicted octanol–water partition coefficient (Wildman–Crippen LogP) is 1.95. The van der Waals surface area contributed by atoms with Crippen molar-refractivity contribution in [1.82, 2.24) is 5.32 Å². The van der Waals surface area contributed by atoms with Gasteiger partial charge in [-0.2, -0.15) is 0 Å². The van der Waals surface area contributed by atoms with E-state index in [0.29, 0.717) is 0 Å². The Labute approximate surface area is 126 Å². The van der Waals surface area contributed by atoms with E-state index in [9.17, 15) is 4.79 Å². The molecule has 1 atom stereocenters. The van der Waals surface area contributed by atoms with E-state index in [1.807, 2.05) is 6.92 Å². The van der Waals surface area contributed by atoms with E-state index in [1.165, 1.54) is 29.7 Å². The molecule has 1 aliphatic heterocycles. The molecule has 1 saturated heterocycles. The molecule has 1 amide bonds. The minimum absolute atomic E-state index is 0.188. The van der Waals surface area contributed by atoms with Crippen LogP contribution in [0, 0.1) is 12.3 Å². The highest BCUT2D eigenvalue weighted by Crippen LogP contribution is 2.33. The average Bonchev–Trinajstić information content (AvgIpc) is 3.18. The van der Waals surface area contributed by atoms with Crippen molar-refractivity contribution in [3.63, 3.8) is 0 Å². The molecule has 0 spiro atoms. The zero-order chi connectivity index (χ0) is 15.0. The lowest BCUT2D eigenvalue weighted by Crippen LogP contribution is -2.37. The molecule has 1 unspecified atom stereocenters. The Bertz CT molecular complexity index is 553. The summed E-state index contributed by atoms with van der Waals surface area (Å²) < 4.78 is 0. The molecule has 0 aromatic heterocycles. The zero-order valence-electron chi connectivity index (χ0n) is 13.0. The van der Waals surface area contributed by atoms with E-state index >= 15 is 0 Å². The predicted molar refractivity (Wildman–Crippen MR) is 85.2 cm³/mol. The van der Waals surface area contributed by atoms with Crippen molar-refractivity contribution in [1.29, 1.82) is 0 Å². The monoisotopic (exact) mass is 287 g/mol. The second-order valence-corrected chi connectivity index (χ2v) is 6.86. The van der Waals surface area contributed by atoms with Crippen molar-refractivity contribution in [2.45, 2.75) is 45.7 Å².